The van der Waals surface area contributed by atoms with Gasteiger partial charge >= 0.3 is 11.9 Å². The Balaban J connectivity index is 3.20. The number of carbonyl (C=O) groups excluding carboxylic acids is 1. The van der Waals surface area contributed by atoms with Crippen LogP contribution < -0.4 is 0 Å². The minimum Gasteiger partial charge on any atom is -0.478 e. The zero-order valence-electron chi connectivity index (χ0n) is 10.9. The molecule has 0 aliphatic carbocycles. The second-order valence-corrected chi connectivity index (χ2v) is 3.98. The lowest BCUT2D eigenvalue weighted by molar-refractivity contribution is -0.384. The van der Waals surface area contributed by atoms with E-state index in [1.54, 1.807) is 0 Å². The van der Waals surface area contributed by atoms with E-state index in [4.69, 9.17) is 5.11 Å². The van der Waals surface area contributed by atoms with E-state index in [1.807, 2.05) is 0 Å². The molecule has 0 heterocycles. The standard InChI is InChI=1S/C12H13NO8/c1-2-21-12(18)10(15)9(14)7-4-3-6(13(19)20)5-8(7)11(16)17/h3-5,9-10,14-15H,2H2,1H3,(H,16,17). The first-order chi connectivity index (χ1) is 9.79. The molecule has 0 fully saturated rings. The van der Waals surface area contributed by atoms with Crippen molar-refractivity contribution in [2.24, 2.45) is 0 Å². The molecule has 0 bridgehead atoms. The Labute approximate surface area is 118 Å². The van der Waals surface area contributed by atoms with Crippen molar-refractivity contribution >= 4 is 17.6 Å². The molecule has 0 aliphatic rings. The fraction of sp³-hybridized carbons (Fsp3) is 0.333. The normalized spacial score (nSPS) is 13.3. The Morgan fingerprint density at radius 3 is 2.48 bits per heavy atom. The molecule has 9 nitrogen and oxygen atoms in total. The Kier molecular flexibility index (Phi) is 5.33. The molecule has 0 radical (unpaired) electrons. The van der Waals surface area contributed by atoms with Crippen molar-refractivity contribution in [1.29, 1.82) is 0 Å². The Bertz CT molecular complexity index is 570. The third-order valence-corrected chi connectivity index (χ3v) is 2.62. The number of esters is 1. The number of nitro benzene ring substituents is 1. The van der Waals surface area contributed by atoms with Crippen molar-refractivity contribution < 1.29 is 34.6 Å². The summed E-state index contributed by atoms with van der Waals surface area (Å²) in [5.74, 6) is -2.66. The summed E-state index contributed by atoms with van der Waals surface area (Å²) in [4.78, 5) is 32.2. The summed E-state index contributed by atoms with van der Waals surface area (Å²) < 4.78 is 4.50. The largest absolute Gasteiger partial charge is 0.478 e. The summed E-state index contributed by atoms with van der Waals surface area (Å²) >= 11 is 0. The summed E-state index contributed by atoms with van der Waals surface area (Å²) in [7, 11) is 0. The number of non-ortho nitro benzene ring substituents is 1. The van der Waals surface area contributed by atoms with E-state index in [9.17, 15) is 29.9 Å². The van der Waals surface area contributed by atoms with Gasteiger partial charge in [-0.25, -0.2) is 9.59 Å². The summed E-state index contributed by atoms with van der Waals surface area (Å²) in [5.41, 5.74) is -1.40. The van der Waals surface area contributed by atoms with E-state index in [0.29, 0.717) is 0 Å². The highest BCUT2D eigenvalue weighted by Gasteiger charge is 2.31. The number of hydrogen-bond acceptors (Lipinski definition) is 7. The molecule has 0 saturated heterocycles. The topological polar surface area (TPSA) is 147 Å². The smallest absolute Gasteiger partial charge is 0.338 e. The summed E-state index contributed by atoms with van der Waals surface area (Å²) in [6, 6.07) is 2.66. The van der Waals surface area contributed by atoms with Crippen molar-refractivity contribution in [3.8, 4) is 0 Å². The van der Waals surface area contributed by atoms with Crippen LogP contribution in [0.4, 0.5) is 5.69 Å². The van der Waals surface area contributed by atoms with Crippen molar-refractivity contribution in [2.75, 3.05) is 6.61 Å². The first kappa shape index (κ1) is 16.5. The average molecular weight is 299 g/mol. The van der Waals surface area contributed by atoms with Gasteiger partial charge in [-0.05, 0) is 18.6 Å². The van der Waals surface area contributed by atoms with Crippen LogP contribution in [-0.2, 0) is 9.53 Å². The van der Waals surface area contributed by atoms with Crippen LogP contribution in [0.25, 0.3) is 0 Å². The predicted molar refractivity (Wildman–Crippen MR) is 67.7 cm³/mol. The highest BCUT2D eigenvalue weighted by molar-refractivity contribution is 5.90. The number of ether oxygens (including phenoxy) is 1. The lowest BCUT2D eigenvalue weighted by Crippen LogP contribution is -2.30. The maximum atomic E-state index is 11.3. The quantitative estimate of drug-likeness (QED) is 0.384. The average Bonchev–Trinajstić information content (AvgIpc) is 2.45. The number of carbonyl (C=O) groups is 2. The van der Waals surface area contributed by atoms with E-state index in [2.05, 4.69) is 4.74 Å². The number of aromatic carboxylic acids is 1. The van der Waals surface area contributed by atoms with Gasteiger partial charge in [-0.1, -0.05) is 0 Å². The maximum absolute atomic E-state index is 11.3. The highest BCUT2D eigenvalue weighted by atomic mass is 16.6. The molecule has 0 saturated carbocycles. The number of aliphatic hydroxyl groups is 2. The minimum absolute atomic E-state index is 0.0331. The Morgan fingerprint density at radius 1 is 1.38 bits per heavy atom. The number of hydrogen-bond donors (Lipinski definition) is 3. The van der Waals surface area contributed by atoms with Gasteiger partial charge in [0.25, 0.3) is 5.69 Å². The summed E-state index contributed by atoms with van der Waals surface area (Å²) in [5, 5.41) is 39.1. The van der Waals surface area contributed by atoms with Crippen LogP contribution in [0.2, 0.25) is 0 Å². The van der Waals surface area contributed by atoms with Crippen LogP contribution in [-0.4, -0.2) is 44.9 Å². The molecule has 0 amide bonds. The van der Waals surface area contributed by atoms with Crippen LogP contribution in [0.3, 0.4) is 0 Å². The molecule has 9 heteroatoms. The van der Waals surface area contributed by atoms with E-state index >= 15 is 0 Å². The molecule has 1 aromatic carbocycles. The summed E-state index contributed by atoms with van der Waals surface area (Å²) in [6.45, 7) is 1.46. The zero-order valence-corrected chi connectivity index (χ0v) is 10.9. The SMILES string of the molecule is CCOC(=O)C(O)C(O)c1ccc([N+](=O)[O-])cc1C(=O)O. The Morgan fingerprint density at radius 2 is 2.00 bits per heavy atom. The number of carboxylic acid groups (broad SMARTS) is 1. The number of nitrogens with zero attached hydrogens (tertiary/aromatic N) is 1. The van der Waals surface area contributed by atoms with Gasteiger partial charge in [-0.3, -0.25) is 10.1 Å². The molecule has 3 N–H and O–H groups in total. The van der Waals surface area contributed by atoms with Crippen molar-refractivity contribution in [3.63, 3.8) is 0 Å². The highest BCUT2D eigenvalue weighted by Crippen LogP contribution is 2.26. The maximum Gasteiger partial charge on any atom is 0.338 e. The first-order valence-corrected chi connectivity index (χ1v) is 5.84. The molecule has 21 heavy (non-hydrogen) atoms. The van der Waals surface area contributed by atoms with E-state index in [0.717, 1.165) is 18.2 Å². The second kappa shape index (κ2) is 6.77. The van der Waals surface area contributed by atoms with Gasteiger partial charge in [0.2, 0.25) is 0 Å². The van der Waals surface area contributed by atoms with Crippen LogP contribution in [0, 0.1) is 10.1 Å². The summed E-state index contributed by atoms with van der Waals surface area (Å²) in [6.07, 6.45) is -3.87. The number of aliphatic hydroxyl groups excluding tert-OH is 2. The van der Waals surface area contributed by atoms with Crippen molar-refractivity contribution in [1.82, 2.24) is 0 Å². The molecule has 1 rings (SSSR count). The van der Waals surface area contributed by atoms with E-state index in [1.165, 1.54) is 6.92 Å². The fourth-order valence-corrected chi connectivity index (χ4v) is 1.63. The van der Waals surface area contributed by atoms with Crippen LogP contribution in [0.15, 0.2) is 18.2 Å². The van der Waals surface area contributed by atoms with Crippen molar-refractivity contribution in [2.45, 2.75) is 19.1 Å². The third-order valence-electron chi connectivity index (χ3n) is 2.62. The number of benzene rings is 1. The van der Waals surface area contributed by atoms with Gasteiger partial charge in [-0.15, -0.1) is 0 Å². The van der Waals surface area contributed by atoms with Crippen molar-refractivity contribution in [3.05, 3.63) is 39.4 Å². The fourth-order valence-electron chi connectivity index (χ4n) is 1.63. The Hall–Kier alpha value is -2.52. The predicted octanol–water partition coefficient (Wildman–Crippen LogP) is 0.250. The van der Waals surface area contributed by atoms with E-state index in [-0.39, 0.29) is 12.2 Å². The van der Waals surface area contributed by atoms with Crippen LogP contribution in [0.1, 0.15) is 28.9 Å². The van der Waals surface area contributed by atoms with Gasteiger partial charge in [0.05, 0.1) is 17.1 Å². The molecular weight excluding hydrogens is 286 g/mol. The molecule has 114 valence electrons. The van der Waals surface area contributed by atoms with Gasteiger partial charge in [0.15, 0.2) is 6.10 Å². The van der Waals surface area contributed by atoms with Gasteiger partial charge in [-0.2, -0.15) is 0 Å². The molecule has 0 spiro atoms. The van der Waals surface area contributed by atoms with Gasteiger partial charge < -0.3 is 20.1 Å². The lowest BCUT2D eigenvalue weighted by atomic mass is 9.98. The minimum atomic E-state index is -2.00. The van der Waals surface area contributed by atoms with Gasteiger partial charge in [0.1, 0.15) is 6.10 Å². The molecular formula is C12H13NO8. The number of rotatable bonds is 6. The van der Waals surface area contributed by atoms with Crippen LogP contribution in [0.5, 0.6) is 0 Å². The second-order valence-electron chi connectivity index (χ2n) is 3.98. The van der Waals surface area contributed by atoms with Gasteiger partial charge in [0, 0.05) is 12.1 Å². The number of nitro groups is 1. The first-order valence-electron chi connectivity index (χ1n) is 5.84. The molecule has 0 aromatic heterocycles. The molecule has 2 atom stereocenters. The van der Waals surface area contributed by atoms with E-state index < -0.39 is 40.3 Å². The molecule has 0 aliphatic heterocycles. The monoisotopic (exact) mass is 299 g/mol. The molecule has 1 aromatic rings. The third kappa shape index (κ3) is 3.74. The number of carboxylic acids is 1. The molecule has 2 unspecified atom stereocenters. The lowest BCUT2D eigenvalue weighted by Gasteiger charge is -2.18. The van der Waals surface area contributed by atoms with Crippen LogP contribution >= 0.6 is 0 Å². The zero-order chi connectivity index (χ0) is 16.2.